The first-order chi connectivity index (χ1) is 8.88. The Hall–Kier alpha value is -0.790. The quantitative estimate of drug-likeness (QED) is 0.565. The Kier molecular flexibility index (Phi) is 2.85. The van der Waals surface area contributed by atoms with E-state index in [9.17, 15) is 4.79 Å². The molecule has 2 nitrogen and oxygen atoms in total. The van der Waals surface area contributed by atoms with Gasteiger partial charge in [-0.05, 0) is 68.6 Å². The van der Waals surface area contributed by atoms with Crippen molar-refractivity contribution in [3.63, 3.8) is 0 Å². The van der Waals surface area contributed by atoms with Crippen LogP contribution in [-0.2, 0) is 9.53 Å². The minimum atomic E-state index is -0.188. The van der Waals surface area contributed by atoms with Crippen molar-refractivity contribution in [1.29, 1.82) is 0 Å². The first-order valence-corrected chi connectivity index (χ1v) is 7.77. The Balaban J connectivity index is 1.90. The van der Waals surface area contributed by atoms with Gasteiger partial charge in [-0.25, -0.2) is 4.79 Å². The second kappa shape index (κ2) is 4.10. The molecule has 4 aliphatic rings. The van der Waals surface area contributed by atoms with E-state index in [1.54, 1.807) is 6.92 Å². The van der Waals surface area contributed by atoms with E-state index in [4.69, 9.17) is 4.74 Å². The number of carbonyl (C=O) groups excluding carboxylic acids is 1. The third-order valence-electron chi connectivity index (χ3n) is 6.06. The van der Waals surface area contributed by atoms with Gasteiger partial charge in [-0.15, -0.1) is 0 Å². The molecular formula is C17H26O2. The molecule has 0 spiro atoms. The summed E-state index contributed by atoms with van der Waals surface area (Å²) in [6.45, 7) is 10.1. The average molecular weight is 262 g/mol. The molecule has 0 saturated heterocycles. The molecule has 4 aliphatic carbocycles. The molecule has 0 radical (unpaired) electrons. The molecule has 2 heteroatoms. The van der Waals surface area contributed by atoms with Gasteiger partial charge in [0.15, 0.2) is 0 Å². The van der Waals surface area contributed by atoms with Crippen LogP contribution in [0.3, 0.4) is 0 Å². The summed E-state index contributed by atoms with van der Waals surface area (Å²) in [6.07, 6.45) is 7.39. The predicted molar refractivity (Wildman–Crippen MR) is 75.6 cm³/mol. The van der Waals surface area contributed by atoms with Crippen LogP contribution in [0.4, 0.5) is 0 Å². The lowest BCUT2D eigenvalue weighted by molar-refractivity contribution is -0.221. The molecule has 4 bridgehead atoms. The summed E-state index contributed by atoms with van der Waals surface area (Å²) in [5.74, 6) is 1.86. The van der Waals surface area contributed by atoms with Crippen molar-refractivity contribution in [2.45, 2.75) is 64.9 Å². The zero-order valence-electron chi connectivity index (χ0n) is 12.5. The first-order valence-electron chi connectivity index (χ1n) is 7.77. The van der Waals surface area contributed by atoms with E-state index in [0.29, 0.717) is 22.8 Å². The monoisotopic (exact) mass is 262 g/mol. The lowest BCUT2D eigenvalue weighted by Crippen LogP contribution is -2.61. The topological polar surface area (TPSA) is 26.3 Å². The van der Waals surface area contributed by atoms with E-state index in [2.05, 4.69) is 20.4 Å². The Morgan fingerprint density at radius 1 is 1.26 bits per heavy atom. The van der Waals surface area contributed by atoms with Crippen LogP contribution in [0, 0.1) is 23.2 Å². The Morgan fingerprint density at radius 3 is 2.26 bits per heavy atom. The number of hydrogen-bond acceptors (Lipinski definition) is 2. The van der Waals surface area contributed by atoms with Crippen LogP contribution < -0.4 is 0 Å². The van der Waals surface area contributed by atoms with Gasteiger partial charge in [-0.2, -0.15) is 0 Å². The Bertz CT molecular complexity index is 407. The molecule has 4 fully saturated rings. The second-order valence-electron chi connectivity index (χ2n) is 7.63. The van der Waals surface area contributed by atoms with Crippen LogP contribution in [0.1, 0.15) is 59.3 Å². The normalized spacial score (nSPS) is 47.2. The minimum Gasteiger partial charge on any atom is -0.455 e. The van der Waals surface area contributed by atoms with Crippen LogP contribution in [0.15, 0.2) is 12.2 Å². The molecule has 0 aromatic carbocycles. The largest absolute Gasteiger partial charge is 0.455 e. The van der Waals surface area contributed by atoms with E-state index in [0.717, 1.165) is 12.3 Å². The van der Waals surface area contributed by atoms with Gasteiger partial charge in [0.2, 0.25) is 0 Å². The van der Waals surface area contributed by atoms with Crippen molar-refractivity contribution in [2.75, 3.05) is 0 Å². The second-order valence-corrected chi connectivity index (χ2v) is 7.63. The highest BCUT2D eigenvalue weighted by Crippen LogP contribution is 2.65. The van der Waals surface area contributed by atoms with Gasteiger partial charge in [-0.3, -0.25) is 0 Å². The summed E-state index contributed by atoms with van der Waals surface area (Å²) in [6, 6.07) is 0. The number of carbonyl (C=O) groups is 1. The molecule has 0 aromatic heterocycles. The number of hydrogen-bond donors (Lipinski definition) is 0. The fourth-order valence-corrected chi connectivity index (χ4v) is 5.52. The summed E-state index contributed by atoms with van der Waals surface area (Å²) in [7, 11) is 0. The zero-order chi connectivity index (χ0) is 13.8. The molecule has 4 rings (SSSR count). The summed E-state index contributed by atoms with van der Waals surface area (Å²) in [5, 5.41) is 0. The molecule has 2 atom stereocenters. The van der Waals surface area contributed by atoms with Gasteiger partial charge in [0.1, 0.15) is 5.60 Å². The van der Waals surface area contributed by atoms with E-state index >= 15 is 0 Å². The van der Waals surface area contributed by atoms with Gasteiger partial charge in [0.25, 0.3) is 0 Å². The smallest absolute Gasteiger partial charge is 0.333 e. The maximum atomic E-state index is 12.1. The van der Waals surface area contributed by atoms with Crippen LogP contribution in [0.2, 0.25) is 0 Å². The van der Waals surface area contributed by atoms with Gasteiger partial charge < -0.3 is 4.74 Å². The molecule has 2 unspecified atom stereocenters. The summed E-state index contributed by atoms with van der Waals surface area (Å²) in [5.41, 5.74) is 0.866. The van der Waals surface area contributed by atoms with E-state index < -0.39 is 0 Å². The summed E-state index contributed by atoms with van der Waals surface area (Å²) in [4.78, 5) is 12.1. The van der Waals surface area contributed by atoms with Crippen molar-refractivity contribution in [3.8, 4) is 0 Å². The molecule has 0 heterocycles. The van der Waals surface area contributed by atoms with Crippen molar-refractivity contribution in [3.05, 3.63) is 12.2 Å². The number of esters is 1. The average Bonchev–Trinajstić information content (AvgIpc) is 2.31. The highest BCUT2D eigenvalue weighted by Gasteiger charge is 2.61. The van der Waals surface area contributed by atoms with E-state index in [-0.39, 0.29) is 11.6 Å². The predicted octanol–water partition coefficient (Wildman–Crippen LogP) is 4.10. The van der Waals surface area contributed by atoms with Crippen molar-refractivity contribution >= 4 is 5.97 Å². The van der Waals surface area contributed by atoms with Crippen LogP contribution in [0.25, 0.3) is 0 Å². The Morgan fingerprint density at radius 2 is 1.84 bits per heavy atom. The standard InChI is InChI=1S/C17H26O2/c1-5-17(19-15(18)11(2)3)13-6-12-7-14(17)10-16(4,8-12)9-13/h12-14H,2,5-10H2,1,3-4H3. The number of ether oxygens (including phenoxy) is 1. The number of rotatable bonds is 3. The molecule has 4 saturated carbocycles. The lowest BCUT2D eigenvalue weighted by Gasteiger charge is -2.63. The van der Waals surface area contributed by atoms with E-state index in [1.807, 2.05) is 0 Å². The highest BCUT2D eigenvalue weighted by molar-refractivity contribution is 5.87. The first kappa shape index (κ1) is 13.2. The van der Waals surface area contributed by atoms with Crippen LogP contribution in [-0.4, -0.2) is 11.6 Å². The molecule has 0 N–H and O–H groups in total. The molecule has 0 aliphatic heterocycles. The highest BCUT2D eigenvalue weighted by atomic mass is 16.6. The molecule has 19 heavy (non-hydrogen) atoms. The third kappa shape index (κ3) is 1.86. The van der Waals surface area contributed by atoms with Crippen molar-refractivity contribution < 1.29 is 9.53 Å². The SMILES string of the molecule is C=C(C)C(=O)OC1(CC)C2CC3CC1CC(C)(C3)C2. The molecule has 0 amide bonds. The van der Waals surface area contributed by atoms with Crippen molar-refractivity contribution in [2.24, 2.45) is 23.2 Å². The zero-order valence-corrected chi connectivity index (χ0v) is 12.5. The van der Waals surface area contributed by atoms with Gasteiger partial charge in [0.05, 0.1) is 0 Å². The summed E-state index contributed by atoms with van der Waals surface area (Å²) >= 11 is 0. The fourth-order valence-electron chi connectivity index (χ4n) is 5.52. The fraction of sp³-hybridized carbons (Fsp3) is 0.824. The maximum Gasteiger partial charge on any atom is 0.333 e. The molecule has 0 aromatic rings. The molecular weight excluding hydrogens is 236 g/mol. The minimum absolute atomic E-state index is 0.181. The van der Waals surface area contributed by atoms with Gasteiger partial charge in [0, 0.05) is 5.57 Å². The lowest BCUT2D eigenvalue weighted by atomic mass is 9.44. The van der Waals surface area contributed by atoms with Gasteiger partial charge in [-0.1, -0.05) is 20.4 Å². The van der Waals surface area contributed by atoms with Crippen LogP contribution >= 0.6 is 0 Å². The van der Waals surface area contributed by atoms with E-state index in [1.165, 1.54) is 32.1 Å². The molecule has 106 valence electrons. The summed E-state index contributed by atoms with van der Waals surface area (Å²) < 4.78 is 6.03. The van der Waals surface area contributed by atoms with Crippen LogP contribution in [0.5, 0.6) is 0 Å². The maximum absolute atomic E-state index is 12.1. The third-order valence-corrected chi connectivity index (χ3v) is 6.06. The van der Waals surface area contributed by atoms with Crippen molar-refractivity contribution in [1.82, 2.24) is 0 Å². The van der Waals surface area contributed by atoms with Gasteiger partial charge >= 0.3 is 5.97 Å². The Labute approximate surface area is 116 Å².